The van der Waals surface area contributed by atoms with Crippen LogP contribution in [0, 0.1) is 12.8 Å². The van der Waals surface area contributed by atoms with Gasteiger partial charge in [-0.15, -0.1) is 0 Å². The molecule has 0 spiro atoms. The van der Waals surface area contributed by atoms with Gasteiger partial charge in [0, 0.05) is 26.0 Å². The molecule has 1 atom stereocenters. The lowest BCUT2D eigenvalue weighted by Crippen LogP contribution is -2.32. The van der Waals surface area contributed by atoms with Gasteiger partial charge in [-0.2, -0.15) is 5.10 Å². The zero-order chi connectivity index (χ0) is 25.9. The topological polar surface area (TPSA) is 101 Å². The van der Waals surface area contributed by atoms with Gasteiger partial charge in [0.1, 0.15) is 24.2 Å². The minimum absolute atomic E-state index is 0.0420. The van der Waals surface area contributed by atoms with Crippen molar-refractivity contribution < 1.29 is 24.1 Å². The van der Waals surface area contributed by atoms with Gasteiger partial charge in [0.25, 0.3) is 0 Å². The van der Waals surface area contributed by atoms with Crippen molar-refractivity contribution in [3.8, 4) is 11.5 Å². The van der Waals surface area contributed by atoms with Crippen molar-refractivity contribution in [1.29, 1.82) is 0 Å². The van der Waals surface area contributed by atoms with Crippen molar-refractivity contribution in [2.45, 2.75) is 51.6 Å². The molecule has 1 fully saturated rings. The summed E-state index contributed by atoms with van der Waals surface area (Å²) in [4.78, 5) is 11.3. The largest absolute Gasteiger partial charge is 0.493 e. The number of aliphatic hydroxyl groups excluding tert-OH is 1. The first-order valence-corrected chi connectivity index (χ1v) is 13.3. The van der Waals surface area contributed by atoms with Crippen molar-refractivity contribution in [3.05, 3.63) is 59.2 Å². The van der Waals surface area contributed by atoms with Crippen LogP contribution in [-0.2, 0) is 16.0 Å². The summed E-state index contributed by atoms with van der Waals surface area (Å²) >= 11 is 0. The Hall–Kier alpha value is -2.94. The molecule has 2 aromatic rings. The molecule has 0 bridgehead atoms. The van der Waals surface area contributed by atoms with Crippen molar-refractivity contribution >= 4 is 11.6 Å². The van der Waals surface area contributed by atoms with Gasteiger partial charge in [0.15, 0.2) is 0 Å². The first kappa shape index (κ1) is 27.1. The first-order chi connectivity index (χ1) is 18.1. The third kappa shape index (κ3) is 9.46. The molecule has 2 aromatic carbocycles. The van der Waals surface area contributed by atoms with E-state index in [4.69, 9.17) is 14.2 Å². The number of amides is 1. The third-order valence-electron chi connectivity index (χ3n) is 6.50. The lowest BCUT2D eigenvalue weighted by Gasteiger charge is -2.15. The summed E-state index contributed by atoms with van der Waals surface area (Å²) in [6, 6.07) is 14.0. The second-order valence-electron chi connectivity index (χ2n) is 9.86. The minimum atomic E-state index is -0.585. The molecule has 8 heteroatoms. The van der Waals surface area contributed by atoms with Crippen LogP contribution in [0.5, 0.6) is 11.5 Å². The Kier molecular flexibility index (Phi) is 10.3. The van der Waals surface area contributed by atoms with Gasteiger partial charge in [-0.3, -0.25) is 4.79 Å². The van der Waals surface area contributed by atoms with Crippen molar-refractivity contribution in [2.75, 3.05) is 39.5 Å². The highest BCUT2D eigenvalue weighted by Gasteiger charge is 2.20. The predicted molar refractivity (Wildman–Crippen MR) is 143 cm³/mol. The van der Waals surface area contributed by atoms with Gasteiger partial charge in [0.2, 0.25) is 5.91 Å². The van der Waals surface area contributed by atoms with E-state index >= 15 is 0 Å². The van der Waals surface area contributed by atoms with Crippen LogP contribution in [0.15, 0.2) is 47.6 Å². The van der Waals surface area contributed by atoms with Crippen LogP contribution in [0.1, 0.15) is 48.8 Å². The molecular weight excluding hydrogens is 470 g/mol. The summed E-state index contributed by atoms with van der Waals surface area (Å²) in [6.45, 7) is 5.69. The summed E-state index contributed by atoms with van der Waals surface area (Å²) in [5.74, 6) is 2.36. The second-order valence-corrected chi connectivity index (χ2v) is 9.86. The second kappa shape index (κ2) is 14.1. The third-order valence-corrected chi connectivity index (χ3v) is 6.50. The van der Waals surface area contributed by atoms with Gasteiger partial charge < -0.3 is 24.6 Å². The van der Waals surface area contributed by atoms with Gasteiger partial charge in [0.05, 0.1) is 18.9 Å². The molecule has 1 heterocycles. The van der Waals surface area contributed by atoms with E-state index < -0.39 is 6.10 Å². The van der Waals surface area contributed by atoms with Crippen LogP contribution in [0.2, 0.25) is 0 Å². The molecule has 200 valence electrons. The monoisotopic (exact) mass is 509 g/mol. The lowest BCUT2D eigenvalue weighted by molar-refractivity contribution is -0.121. The Labute approximate surface area is 219 Å². The fourth-order valence-corrected chi connectivity index (χ4v) is 4.05. The summed E-state index contributed by atoms with van der Waals surface area (Å²) in [6.07, 6.45) is 4.89. The van der Waals surface area contributed by atoms with E-state index in [2.05, 4.69) is 28.0 Å². The Morgan fingerprint density at radius 1 is 1.11 bits per heavy atom. The van der Waals surface area contributed by atoms with Crippen LogP contribution in [-0.4, -0.2) is 62.3 Å². The number of hydrogen-bond acceptors (Lipinski definition) is 7. The molecule has 1 amide bonds. The normalized spacial score (nSPS) is 16.2. The van der Waals surface area contributed by atoms with Crippen molar-refractivity contribution in [1.82, 2.24) is 10.7 Å². The molecule has 4 rings (SSSR count). The van der Waals surface area contributed by atoms with Crippen LogP contribution in [0.25, 0.3) is 0 Å². The molecule has 0 aromatic heterocycles. The fraction of sp³-hybridized carbons (Fsp3) is 0.517. The van der Waals surface area contributed by atoms with Crippen LogP contribution in [0.4, 0.5) is 0 Å². The Bertz CT molecular complexity index is 1040. The number of benzene rings is 2. The highest BCUT2D eigenvalue weighted by molar-refractivity contribution is 6.04. The van der Waals surface area contributed by atoms with E-state index in [-0.39, 0.29) is 12.5 Å². The maximum absolute atomic E-state index is 11.3. The number of aliphatic hydroxyl groups is 1. The Balaban J connectivity index is 1.04. The SMILES string of the molecule is Cc1cc(C2=NNC(=O)CC2)ccc1OCCCNCC(O)COc1ccc(CCOCC2CC2)cc1. The Morgan fingerprint density at radius 3 is 2.68 bits per heavy atom. The number of rotatable bonds is 16. The van der Waals surface area contributed by atoms with Gasteiger partial charge in [-0.1, -0.05) is 12.1 Å². The van der Waals surface area contributed by atoms with Crippen LogP contribution >= 0.6 is 0 Å². The smallest absolute Gasteiger partial charge is 0.240 e. The summed E-state index contributed by atoms with van der Waals surface area (Å²) in [5.41, 5.74) is 6.70. The predicted octanol–water partition coefficient (Wildman–Crippen LogP) is 3.38. The van der Waals surface area contributed by atoms with E-state index in [1.807, 2.05) is 37.3 Å². The van der Waals surface area contributed by atoms with Crippen LogP contribution < -0.4 is 20.2 Å². The average molecular weight is 510 g/mol. The summed E-state index contributed by atoms with van der Waals surface area (Å²) in [5, 5.41) is 17.6. The average Bonchev–Trinajstić information content (AvgIpc) is 3.74. The zero-order valence-corrected chi connectivity index (χ0v) is 21.7. The van der Waals surface area contributed by atoms with Gasteiger partial charge in [-0.05, 0) is 92.1 Å². The highest BCUT2D eigenvalue weighted by atomic mass is 16.5. The van der Waals surface area contributed by atoms with Crippen molar-refractivity contribution in [2.24, 2.45) is 11.0 Å². The highest BCUT2D eigenvalue weighted by Crippen LogP contribution is 2.28. The molecule has 37 heavy (non-hydrogen) atoms. The summed E-state index contributed by atoms with van der Waals surface area (Å²) in [7, 11) is 0. The Morgan fingerprint density at radius 2 is 1.95 bits per heavy atom. The number of nitrogens with one attached hydrogen (secondary N) is 2. The number of aryl methyl sites for hydroxylation is 1. The van der Waals surface area contributed by atoms with Gasteiger partial charge in [-0.25, -0.2) is 5.43 Å². The number of nitrogens with zero attached hydrogens (tertiary/aromatic N) is 1. The molecule has 1 aliphatic carbocycles. The molecule has 1 unspecified atom stereocenters. The van der Waals surface area contributed by atoms with Crippen LogP contribution in [0.3, 0.4) is 0 Å². The molecular formula is C29H39N3O5. The number of carbonyl (C=O) groups is 1. The molecule has 0 radical (unpaired) electrons. The molecule has 8 nitrogen and oxygen atoms in total. The molecule has 0 saturated heterocycles. The number of hydrazone groups is 1. The first-order valence-electron chi connectivity index (χ1n) is 13.3. The zero-order valence-electron chi connectivity index (χ0n) is 21.7. The standard InChI is InChI=1S/C29H39N3O5/c1-21-17-24(27-10-12-29(34)32-31-27)7-11-28(21)36-15-2-14-30-18-25(33)20-37-26-8-5-22(6-9-26)13-16-35-19-23-3-4-23/h5-9,11,17,23,25,30,33H,2-4,10,12-16,18-20H2,1H3,(H,32,34). The van der Waals surface area contributed by atoms with E-state index in [1.165, 1.54) is 18.4 Å². The van der Waals surface area contributed by atoms with E-state index in [0.29, 0.717) is 26.0 Å². The van der Waals surface area contributed by atoms with Crippen molar-refractivity contribution in [3.63, 3.8) is 0 Å². The lowest BCUT2D eigenvalue weighted by atomic mass is 10.0. The molecule has 2 aliphatic rings. The quantitative estimate of drug-likeness (QED) is 0.300. The maximum atomic E-state index is 11.3. The maximum Gasteiger partial charge on any atom is 0.240 e. The number of hydrogen-bond donors (Lipinski definition) is 3. The van der Waals surface area contributed by atoms with E-state index in [9.17, 15) is 9.90 Å². The molecule has 1 aliphatic heterocycles. The van der Waals surface area contributed by atoms with E-state index in [1.54, 1.807) is 0 Å². The summed E-state index contributed by atoms with van der Waals surface area (Å²) < 4.78 is 17.3. The van der Waals surface area contributed by atoms with E-state index in [0.717, 1.165) is 66.9 Å². The fourth-order valence-electron chi connectivity index (χ4n) is 4.05. The number of ether oxygens (including phenoxy) is 3. The molecule has 1 saturated carbocycles. The van der Waals surface area contributed by atoms with Gasteiger partial charge >= 0.3 is 0 Å². The number of carbonyl (C=O) groups excluding carboxylic acids is 1. The minimum Gasteiger partial charge on any atom is -0.493 e. The molecule has 3 N–H and O–H groups in total.